The molecule has 0 spiro atoms. The predicted molar refractivity (Wildman–Crippen MR) is 104 cm³/mol. The van der Waals surface area contributed by atoms with Crippen molar-refractivity contribution in [3.05, 3.63) is 65.5 Å². The monoisotopic (exact) mass is 391 g/mol. The van der Waals surface area contributed by atoms with Crippen LogP contribution in [0.5, 0.6) is 0 Å². The Bertz CT molecular complexity index is 886. The Balaban J connectivity index is 1.79. The van der Waals surface area contributed by atoms with E-state index in [1.165, 1.54) is 18.2 Å². The van der Waals surface area contributed by atoms with Gasteiger partial charge in [-0.3, -0.25) is 0 Å². The summed E-state index contributed by atoms with van der Waals surface area (Å²) in [6.07, 6.45) is 0.561. The molecule has 0 saturated carbocycles. The highest BCUT2D eigenvalue weighted by Crippen LogP contribution is 2.34. The van der Waals surface area contributed by atoms with E-state index in [0.717, 1.165) is 5.56 Å². The molecule has 3 rings (SSSR count). The Morgan fingerprint density at radius 3 is 2.63 bits per heavy atom. The summed E-state index contributed by atoms with van der Waals surface area (Å²) in [7, 11) is -3.65. The molecule has 0 bridgehead atoms. The van der Waals surface area contributed by atoms with Gasteiger partial charge in [-0.2, -0.15) is 0 Å². The lowest BCUT2D eigenvalue weighted by Crippen LogP contribution is -2.40. The molecule has 0 fully saturated rings. The fourth-order valence-corrected chi connectivity index (χ4v) is 6.05. The van der Waals surface area contributed by atoms with Crippen LogP contribution in [0.3, 0.4) is 0 Å². The summed E-state index contributed by atoms with van der Waals surface area (Å²) >= 11 is 0. The lowest BCUT2D eigenvalue weighted by atomic mass is 9.93. The van der Waals surface area contributed by atoms with E-state index in [-0.39, 0.29) is 17.2 Å². The Labute approximate surface area is 160 Å². The highest BCUT2D eigenvalue weighted by atomic mass is 32.2. The van der Waals surface area contributed by atoms with Gasteiger partial charge in [-0.15, -0.1) is 0 Å². The van der Waals surface area contributed by atoms with Crippen molar-refractivity contribution in [1.82, 2.24) is 0 Å². The van der Waals surface area contributed by atoms with Crippen molar-refractivity contribution in [2.75, 3.05) is 0 Å². The molecule has 146 valence electrons. The third-order valence-electron chi connectivity index (χ3n) is 5.31. The van der Waals surface area contributed by atoms with Crippen molar-refractivity contribution >= 4 is 9.84 Å². The summed E-state index contributed by atoms with van der Waals surface area (Å²) in [4.78, 5) is 0.182. The third-order valence-corrected chi connectivity index (χ3v) is 7.59. The van der Waals surface area contributed by atoms with Gasteiger partial charge >= 0.3 is 0 Å². The van der Waals surface area contributed by atoms with Gasteiger partial charge in [-0.1, -0.05) is 37.3 Å². The van der Waals surface area contributed by atoms with Crippen molar-refractivity contribution in [1.29, 1.82) is 0 Å². The minimum absolute atomic E-state index is 0.0744. The molecule has 0 radical (unpaired) electrons. The van der Waals surface area contributed by atoms with E-state index in [1.54, 1.807) is 0 Å². The maximum atomic E-state index is 13.6. The average molecular weight is 392 g/mol. The first-order valence-electron chi connectivity index (χ1n) is 9.27. The van der Waals surface area contributed by atoms with Gasteiger partial charge in [-0.25, -0.2) is 12.8 Å². The molecule has 1 aliphatic heterocycles. The summed E-state index contributed by atoms with van der Waals surface area (Å²) in [5.74, 6) is -0.357. The minimum atomic E-state index is -3.65. The molecule has 4 atom stereocenters. The van der Waals surface area contributed by atoms with Crippen LogP contribution < -0.4 is 5.73 Å². The largest absolute Gasteiger partial charge is 0.391 e. The first kappa shape index (κ1) is 20.0. The topological polar surface area (TPSA) is 80.4 Å². The van der Waals surface area contributed by atoms with E-state index in [4.69, 9.17) is 5.73 Å². The molecule has 1 heterocycles. The fraction of sp³-hybridized carbons (Fsp3) is 0.429. The molecule has 27 heavy (non-hydrogen) atoms. The molecule has 0 aliphatic carbocycles. The number of hydrogen-bond acceptors (Lipinski definition) is 4. The number of aliphatic hydroxyl groups is 1. The lowest BCUT2D eigenvalue weighted by Gasteiger charge is -2.24. The van der Waals surface area contributed by atoms with Crippen molar-refractivity contribution in [2.45, 2.75) is 54.9 Å². The average Bonchev–Trinajstić information content (AvgIpc) is 2.69. The normalized spacial score (nSPS) is 23.9. The highest BCUT2D eigenvalue weighted by molar-refractivity contribution is 7.92. The number of fused-ring (bicyclic) bond motifs is 1. The molecule has 0 aromatic heterocycles. The first-order valence-corrected chi connectivity index (χ1v) is 10.8. The molecule has 2 aromatic rings. The van der Waals surface area contributed by atoms with Crippen molar-refractivity contribution in [3.8, 4) is 0 Å². The van der Waals surface area contributed by atoms with Gasteiger partial charge in [0.05, 0.1) is 16.2 Å². The number of sulfone groups is 1. The number of halogens is 1. The molecule has 6 heteroatoms. The van der Waals surface area contributed by atoms with Crippen LogP contribution in [0.1, 0.15) is 30.9 Å². The molecule has 1 unspecified atom stereocenters. The minimum Gasteiger partial charge on any atom is -0.391 e. The van der Waals surface area contributed by atoms with Crippen LogP contribution in [-0.2, 0) is 22.7 Å². The molecule has 3 N–H and O–H groups in total. The summed E-state index contributed by atoms with van der Waals surface area (Å²) in [5.41, 5.74) is 7.67. The summed E-state index contributed by atoms with van der Waals surface area (Å²) < 4.78 is 39.8. The van der Waals surface area contributed by atoms with Gasteiger partial charge in [0.25, 0.3) is 0 Å². The van der Waals surface area contributed by atoms with Crippen LogP contribution >= 0.6 is 0 Å². The first-order chi connectivity index (χ1) is 12.8. The lowest BCUT2D eigenvalue weighted by molar-refractivity contribution is 0.131. The van der Waals surface area contributed by atoms with E-state index in [1.807, 2.05) is 37.3 Å². The fourth-order valence-electron chi connectivity index (χ4n) is 3.89. The van der Waals surface area contributed by atoms with Gasteiger partial charge in [0.2, 0.25) is 0 Å². The summed E-state index contributed by atoms with van der Waals surface area (Å²) in [5, 5.41) is 9.86. The number of rotatable bonds is 5. The van der Waals surface area contributed by atoms with E-state index in [9.17, 15) is 17.9 Å². The van der Waals surface area contributed by atoms with Crippen molar-refractivity contribution in [2.24, 2.45) is 11.7 Å². The van der Waals surface area contributed by atoms with Gasteiger partial charge in [0.1, 0.15) is 5.82 Å². The maximum Gasteiger partial charge on any atom is 0.181 e. The second-order valence-corrected chi connectivity index (χ2v) is 9.82. The number of nitrogens with two attached hydrogens (primary N) is 1. The Kier molecular flexibility index (Phi) is 5.99. The standard InChI is InChI=1S/C21H26FNO3S/c1-14-9-16-12-17(22)7-8-21(16)27(25,26)18(10-14)13-20(24)19(23)11-15-5-3-2-4-6-15/h2-8,12,14,18-20,24H,9-11,13,23H2,1H3/t14-,18?,19-,20+/m0/s1. The number of benzene rings is 2. The smallest absolute Gasteiger partial charge is 0.181 e. The molecule has 0 saturated heterocycles. The highest BCUT2D eigenvalue weighted by Gasteiger charge is 2.36. The van der Waals surface area contributed by atoms with Crippen LogP contribution in [0.4, 0.5) is 4.39 Å². The van der Waals surface area contributed by atoms with E-state index in [2.05, 4.69) is 0 Å². The molecule has 2 aromatic carbocycles. The van der Waals surface area contributed by atoms with Gasteiger partial charge < -0.3 is 10.8 Å². The van der Waals surface area contributed by atoms with Gasteiger partial charge in [0.15, 0.2) is 9.84 Å². The van der Waals surface area contributed by atoms with E-state index < -0.39 is 33.1 Å². The molecular weight excluding hydrogens is 365 g/mol. The van der Waals surface area contributed by atoms with Crippen LogP contribution in [0, 0.1) is 11.7 Å². The second kappa shape index (κ2) is 8.09. The predicted octanol–water partition coefficient (Wildman–Crippen LogP) is 2.87. The quantitative estimate of drug-likeness (QED) is 0.768. The molecule has 0 amide bonds. The SMILES string of the molecule is C[C@H]1Cc2cc(F)ccc2S(=O)(=O)C(C[C@@H](O)[C@@H](N)Cc2ccccc2)C1. The van der Waals surface area contributed by atoms with E-state index in [0.29, 0.717) is 24.8 Å². The number of aliphatic hydroxyl groups excluding tert-OH is 1. The zero-order chi connectivity index (χ0) is 19.6. The van der Waals surface area contributed by atoms with Crippen LogP contribution in [0.15, 0.2) is 53.4 Å². The Hall–Kier alpha value is -1.76. The molecule has 4 nitrogen and oxygen atoms in total. The zero-order valence-corrected chi connectivity index (χ0v) is 16.2. The van der Waals surface area contributed by atoms with Crippen LogP contribution in [-0.4, -0.2) is 30.9 Å². The summed E-state index contributed by atoms with van der Waals surface area (Å²) in [6.45, 7) is 1.96. The van der Waals surface area contributed by atoms with E-state index >= 15 is 0 Å². The number of hydrogen-bond donors (Lipinski definition) is 2. The van der Waals surface area contributed by atoms with Crippen LogP contribution in [0.2, 0.25) is 0 Å². The zero-order valence-electron chi connectivity index (χ0n) is 15.4. The van der Waals surface area contributed by atoms with Gasteiger partial charge in [0, 0.05) is 6.04 Å². The maximum absolute atomic E-state index is 13.6. The second-order valence-electron chi connectivity index (χ2n) is 7.62. The molecule has 1 aliphatic rings. The Morgan fingerprint density at radius 2 is 1.93 bits per heavy atom. The van der Waals surface area contributed by atoms with Crippen molar-refractivity contribution < 1.29 is 17.9 Å². The van der Waals surface area contributed by atoms with Gasteiger partial charge in [-0.05, 0) is 60.9 Å². The Morgan fingerprint density at radius 1 is 1.22 bits per heavy atom. The summed E-state index contributed by atoms with van der Waals surface area (Å²) in [6, 6.07) is 12.9. The third kappa shape index (κ3) is 4.57. The van der Waals surface area contributed by atoms with Crippen molar-refractivity contribution in [3.63, 3.8) is 0 Å². The van der Waals surface area contributed by atoms with Crippen LogP contribution in [0.25, 0.3) is 0 Å². The molecular formula is C21H26FNO3S.